The minimum atomic E-state index is -0.107. The van der Waals surface area contributed by atoms with Gasteiger partial charge in [0.05, 0.1) is 17.3 Å². The van der Waals surface area contributed by atoms with Gasteiger partial charge in [-0.25, -0.2) is 4.99 Å². The van der Waals surface area contributed by atoms with Crippen molar-refractivity contribution in [3.05, 3.63) is 88.5 Å². The van der Waals surface area contributed by atoms with E-state index in [2.05, 4.69) is 17.0 Å². The lowest BCUT2D eigenvalue weighted by molar-refractivity contribution is 0.102. The van der Waals surface area contributed by atoms with Crippen LogP contribution in [0.15, 0.2) is 76.8 Å². The van der Waals surface area contributed by atoms with E-state index < -0.39 is 0 Å². The minimum Gasteiger partial charge on any atom is -0.315 e. The third kappa shape index (κ3) is 1.72. The van der Waals surface area contributed by atoms with E-state index in [0.29, 0.717) is 0 Å². The first-order chi connectivity index (χ1) is 11.3. The van der Waals surface area contributed by atoms with Crippen LogP contribution < -0.4 is 0 Å². The Balaban J connectivity index is 1.77. The summed E-state index contributed by atoms with van der Waals surface area (Å²) in [5.41, 5.74) is 4.45. The smallest absolute Gasteiger partial charge is 0.194 e. The van der Waals surface area contributed by atoms with Gasteiger partial charge in [-0.2, -0.15) is 0 Å². The first-order valence-corrected chi connectivity index (χ1v) is 8.36. The monoisotopic (exact) mass is 316 g/mol. The largest absolute Gasteiger partial charge is 0.315 e. The molecule has 0 amide bonds. The number of hydrogen-bond acceptors (Lipinski definition) is 4. The highest BCUT2D eigenvalue weighted by molar-refractivity contribution is 8.16. The predicted octanol–water partition coefficient (Wildman–Crippen LogP) is 4.22. The van der Waals surface area contributed by atoms with Gasteiger partial charge < -0.3 is 4.90 Å². The Bertz CT molecular complexity index is 927. The van der Waals surface area contributed by atoms with E-state index in [1.54, 1.807) is 11.8 Å². The SMILES string of the molecule is O=C1C2=C(N=C3SC=CN3C2c2ccccc2)c2ccccc21. The molecule has 0 aromatic heterocycles. The Kier molecular flexibility index (Phi) is 2.64. The highest BCUT2D eigenvalue weighted by Crippen LogP contribution is 2.48. The van der Waals surface area contributed by atoms with Crippen molar-refractivity contribution in [3.8, 4) is 0 Å². The van der Waals surface area contributed by atoms with Gasteiger partial charge in [0.25, 0.3) is 0 Å². The van der Waals surface area contributed by atoms with Gasteiger partial charge in [0.15, 0.2) is 11.0 Å². The molecule has 110 valence electrons. The van der Waals surface area contributed by atoms with Crippen LogP contribution in [-0.2, 0) is 0 Å². The number of nitrogens with zero attached hydrogens (tertiary/aromatic N) is 2. The van der Waals surface area contributed by atoms with Crippen LogP contribution >= 0.6 is 11.8 Å². The van der Waals surface area contributed by atoms with Crippen LogP contribution in [0.25, 0.3) is 5.70 Å². The molecular weight excluding hydrogens is 304 g/mol. The first-order valence-electron chi connectivity index (χ1n) is 7.48. The number of aliphatic imine (C=N–C) groups is 1. The highest BCUT2D eigenvalue weighted by Gasteiger charge is 2.42. The maximum Gasteiger partial charge on any atom is 0.194 e. The summed E-state index contributed by atoms with van der Waals surface area (Å²) in [4.78, 5) is 19.9. The van der Waals surface area contributed by atoms with Crippen LogP contribution in [0.1, 0.15) is 27.5 Å². The predicted molar refractivity (Wildman–Crippen MR) is 92.9 cm³/mol. The maximum atomic E-state index is 13.0. The van der Waals surface area contributed by atoms with Crippen molar-refractivity contribution < 1.29 is 4.79 Å². The van der Waals surface area contributed by atoms with Gasteiger partial charge >= 0.3 is 0 Å². The summed E-state index contributed by atoms with van der Waals surface area (Å²) in [6, 6.07) is 17.8. The van der Waals surface area contributed by atoms with E-state index in [1.807, 2.05) is 54.1 Å². The molecule has 0 spiro atoms. The summed E-state index contributed by atoms with van der Waals surface area (Å²) in [6.45, 7) is 0. The number of carbonyl (C=O) groups is 1. The second kappa shape index (κ2) is 4.70. The summed E-state index contributed by atoms with van der Waals surface area (Å²) >= 11 is 1.60. The van der Waals surface area contributed by atoms with Gasteiger partial charge in [0.1, 0.15) is 0 Å². The quantitative estimate of drug-likeness (QED) is 0.789. The van der Waals surface area contributed by atoms with Crippen LogP contribution in [-0.4, -0.2) is 15.9 Å². The van der Waals surface area contributed by atoms with Gasteiger partial charge in [-0.05, 0) is 11.0 Å². The van der Waals surface area contributed by atoms with Crippen LogP contribution in [0.3, 0.4) is 0 Å². The Morgan fingerprint density at radius 2 is 1.70 bits per heavy atom. The number of fused-ring (bicyclic) bond motifs is 3. The van der Waals surface area contributed by atoms with Gasteiger partial charge in [-0.15, -0.1) is 0 Å². The molecule has 1 unspecified atom stereocenters. The molecule has 1 atom stereocenters. The van der Waals surface area contributed by atoms with Crippen LogP contribution in [0, 0.1) is 0 Å². The van der Waals surface area contributed by atoms with E-state index >= 15 is 0 Å². The van der Waals surface area contributed by atoms with Gasteiger partial charge in [-0.1, -0.05) is 66.4 Å². The summed E-state index contributed by atoms with van der Waals surface area (Å²) in [6.07, 6.45) is 2.02. The van der Waals surface area contributed by atoms with E-state index in [4.69, 9.17) is 4.99 Å². The second-order valence-electron chi connectivity index (χ2n) is 5.65. The summed E-state index contributed by atoms with van der Waals surface area (Å²) in [5, 5.41) is 2.95. The summed E-state index contributed by atoms with van der Waals surface area (Å²) in [5.74, 6) is 0.0950. The zero-order chi connectivity index (χ0) is 15.4. The number of rotatable bonds is 1. The lowest BCUT2D eigenvalue weighted by Gasteiger charge is -2.32. The topological polar surface area (TPSA) is 32.7 Å². The van der Waals surface area contributed by atoms with Crippen molar-refractivity contribution in [3.63, 3.8) is 0 Å². The lowest BCUT2D eigenvalue weighted by atomic mass is 9.94. The van der Waals surface area contributed by atoms with Gasteiger partial charge in [0, 0.05) is 17.3 Å². The van der Waals surface area contributed by atoms with Crippen LogP contribution in [0.4, 0.5) is 0 Å². The Morgan fingerprint density at radius 3 is 2.52 bits per heavy atom. The average Bonchev–Trinajstić information content (AvgIpc) is 3.18. The lowest BCUT2D eigenvalue weighted by Crippen LogP contribution is -2.31. The number of benzene rings is 2. The molecule has 23 heavy (non-hydrogen) atoms. The Labute approximate surface area is 138 Å². The molecule has 2 aromatic rings. The second-order valence-corrected chi connectivity index (χ2v) is 6.53. The number of carbonyl (C=O) groups excluding carboxylic acids is 1. The molecule has 0 fully saturated rings. The van der Waals surface area contributed by atoms with Crippen LogP contribution in [0.2, 0.25) is 0 Å². The zero-order valence-electron chi connectivity index (χ0n) is 12.1. The molecule has 0 bridgehead atoms. The fraction of sp³-hybridized carbons (Fsp3) is 0.0526. The van der Waals surface area contributed by atoms with E-state index in [-0.39, 0.29) is 11.8 Å². The minimum absolute atomic E-state index is 0.0950. The molecule has 3 nitrogen and oxygen atoms in total. The first kappa shape index (κ1) is 12.9. The third-order valence-electron chi connectivity index (χ3n) is 4.42. The van der Waals surface area contributed by atoms with E-state index in [0.717, 1.165) is 33.1 Å². The molecule has 2 aliphatic heterocycles. The van der Waals surface area contributed by atoms with Crippen molar-refractivity contribution in [2.75, 3.05) is 0 Å². The maximum absolute atomic E-state index is 13.0. The number of ketones is 1. The number of hydrogen-bond donors (Lipinski definition) is 0. The average molecular weight is 316 g/mol. The third-order valence-corrected chi connectivity index (χ3v) is 5.19. The Hall–Kier alpha value is -2.59. The molecule has 1 aliphatic carbocycles. The summed E-state index contributed by atoms with van der Waals surface area (Å²) < 4.78 is 0. The molecule has 4 heteroatoms. The van der Waals surface area contributed by atoms with Gasteiger partial charge in [-0.3, -0.25) is 4.79 Å². The molecular formula is C19H12N2OS. The molecule has 2 heterocycles. The fourth-order valence-electron chi connectivity index (χ4n) is 3.42. The fourth-order valence-corrected chi connectivity index (χ4v) is 4.16. The molecule has 0 saturated carbocycles. The van der Waals surface area contributed by atoms with Crippen molar-refractivity contribution in [1.29, 1.82) is 0 Å². The number of thioether (sulfide) groups is 1. The molecule has 5 rings (SSSR count). The van der Waals surface area contributed by atoms with Crippen molar-refractivity contribution in [2.24, 2.45) is 4.99 Å². The van der Waals surface area contributed by atoms with E-state index in [1.165, 1.54) is 0 Å². The van der Waals surface area contributed by atoms with E-state index in [9.17, 15) is 4.79 Å². The standard InChI is InChI=1S/C19H12N2OS/c22-18-14-9-5-4-8-13(14)16-15(18)17(12-6-2-1-3-7-12)21-10-11-23-19(21)20-16/h1-11,17H. The normalized spacial score (nSPS) is 21.2. The molecule has 3 aliphatic rings. The van der Waals surface area contributed by atoms with Crippen molar-refractivity contribution in [1.82, 2.24) is 4.90 Å². The molecule has 0 radical (unpaired) electrons. The molecule has 0 saturated heterocycles. The van der Waals surface area contributed by atoms with Crippen molar-refractivity contribution in [2.45, 2.75) is 6.04 Å². The number of amidine groups is 1. The van der Waals surface area contributed by atoms with Crippen LogP contribution in [0.5, 0.6) is 0 Å². The van der Waals surface area contributed by atoms with Crippen molar-refractivity contribution >= 4 is 28.4 Å². The Morgan fingerprint density at radius 1 is 0.957 bits per heavy atom. The molecule has 0 N–H and O–H groups in total. The molecule has 2 aromatic carbocycles. The summed E-state index contributed by atoms with van der Waals surface area (Å²) in [7, 11) is 0. The number of Topliss-reactive ketones (excluding diaryl/α,β-unsaturated/α-hetero) is 1. The zero-order valence-corrected chi connectivity index (χ0v) is 13.0. The highest BCUT2D eigenvalue weighted by atomic mass is 32.2. The van der Waals surface area contributed by atoms with Gasteiger partial charge in [0.2, 0.25) is 0 Å².